The fourth-order valence-corrected chi connectivity index (χ4v) is 12.1. The van der Waals surface area contributed by atoms with Crippen LogP contribution in [0.3, 0.4) is 0 Å². The zero-order valence-corrected chi connectivity index (χ0v) is 38.2. The zero-order valence-electron chi connectivity index (χ0n) is 38.2. The van der Waals surface area contributed by atoms with Crippen molar-refractivity contribution in [3.05, 3.63) is 0 Å². The summed E-state index contributed by atoms with van der Waals surface area (Å²) < 4.78 is 0. The zero-order chi connectivity index (χ0) is 38.2. The SMILES string of the molecule is CC(C)(C)C1(C)CCCC1.CC12CCCCC1(C)CCCC2.CC12CCCCC1(C)CCCC2.CC1CCCC1(C)C.CC1CCCCC1(C)C. The monoisotopic (exact) mass is 711 g/mol. The van der Waals surface area contributed by atoms with E-state index in [1.807, 2.05) is 0 Å². The van der Waals surface area contributed by atoms with Crippen molar-refractivity contribution < 1.29 is 0 Å². The van der Waals surface area contributed by atoms with Gasteiger partial charge in [0, 0.05) is 0 Å². The molecule has 0 saturated heterocycles. The molecule has 0 amide bonds. The van der Waals surface area contributed by atoms with Crippen molar-refractivity contribution in [1.82, 2.24) is 0 Å². The lowest BCUT2D eigenvalue weighted by Crippen LogP contribution is -2.42. The highest BCUT2D eigenvalue weighted by Crippen LogP contribution is 2.59. The van der Waals surface area contributed by atoms with Crippen molar-refractivity contribution in [3.63, 3.8) is 0 Å². The Morgan fingerprint density at radius 1 is 0.314 bits per heavy atom. The highest BCUT2D eigenvalue weighted by Gasteiger charge is 2.48. The molecule has 7 aliphatic carbocycles. The maximum Gasteiger partial charge on any atom is -0.0272 e. The normalized spacial score (nSPS) is 39.4. The first-order valence-corrected chi connectivity index (χ1v) is 23.5. The Balaban J connectivity index is 0.000000174. The number of fused-ring (bicyclic) bond motifs is 2. The summed E-state index contributed by atoms with van der Waals surface area (Å²) in [6.07, 6.45) is 39.9. The predicted octanol–water partition coefficient (Wildman–Crippen LogP) is 18.0. The van der Waals surface area contributed by atoms with Crippen LogP contribution in [0.25, 0.3) is 0 Å². The van der Waals surface area contributed by atoms with E-state index in [9.17, 15) is 0 Å². The summed E-state index contributed by atoms with van der Waals surface area (Å²) in [6, 6.07) is 0. The summed E-state index contributed by atoms with van der Waals surface area (Å²) in [5, 5.41) is 0. The molecule has 7 rings (SSSR count). The van der Waals surface area contributed by atoms with E-state index in [2.05, 4.69) is 96.9 Å². The standard InChI is InChI=1S/2C12H22.C10H20.C9H18.C8H16/c2*1-11-7-3-5-9-12(11,2)10-6-4-8-11;1-9(2,3)10(4)7-5-6-8-10;1-8-6-4-5-7-9(8,2)3;1-7-5-4-6-8(7,2)3/h2*3-10H2,1-2H3;5-8H2,1-4H3;8H,4-7H2,1-3H3;7H,4-6H2,1-3H3. The third-order valence-electron chi connectivity index (χ3n) is 19.1. The van der Waals surface area contributed by atoms with Crippen LogP contribution in [0.2, 0.25) is 0 Å². The molecule has 0 heterocycles. The second-order valence-electron chi connectivity index (χ2n) is 24.0. The lowest BCUT2D eigenvalue weighted by atomic mass is 9.52. The fraction of sp³-hybridized carbons (Fsp3) is 1.00. The molecule has 0 spiro atoms. The van der Waals surface area contributed by atoms with Gasteiger partial charge in [-0.1, -0.05) is 193 Å². The molecule has 0 aromatic heterocycles. The summed E-state index contributed by atoms with van der Waals surface area (Å²) in [5.74, 6) is 1.91. The predicted molar refractivity (Wildman–Crippen MR) is 231 cm³/mol. The van der Waals surface area contributed by atoms with E-state index in [-0.39, 0.29) is 0 Å². The number of hydrogen-bond donors (Lipinski definition) is 0. The van der Waals surface area contributed by atoms with Crippen LogP contribution in [0, 0.1) is 55.2 Å². The van der Waals surface area contributed by atoms with Gasteiger partial charge in [-0.05, 0) is 132 Å². The van der Waals surface area contributed by atoms with Gasteiger partial charge in [-0.2, -0.15) is 0 Å². The molecular formula is C51H98. The third kappa shape index (κ3) is 11.8. The Kier molecular flexibility index (Phi) is 16.3. The van der Waals surface area contributed by atoms with Gasteiger partial charge in [0.25, 0.3) is 0 Å². The fourth-order valence-electron chi connectivity index (χ4n) is 12.1. The van der Waals surface area contributed by atoms with Gasteiger partial charge in [0.1, 0.15) is 0 Å². The molecule has 7 fully saturated rings. The van der Waals surface area contributed by atoms with E-state index >= 15 is 0 Å². The minimum Gasteiger partial charge on any atom is -0.0620 e. The summed E-state index contributed by atoms with van der Waals surface area (Å²) in [5.41, 5.74) is 5.29. The van der Waals surface area contributed by atoms with E-state index in [0.717, 1.165) is 11.8 Å². The Bertz CT molecular complexity index is 890. The van der Waals surface area contributed by atoms with Gasteiger partial charge in [0.15, 0.2) is 0 Å². The quantitative estimate of drug-likeness (QED) is 0.235. The van der Waals surface area contributed by atoms with Crippen LogP contribution in [-0.4, -0.2) is 0 Å². The van der Waals surface area contributed by atoms with Crippen LogP contribution in [0.1, 0.15) is 270 Å². The molecule has 7 saturated carbocycles. The van der Waals surface area contributed by atoms with E-state index < -0.39 is 0 Å². The first-order chi connectivity index (χ1) is 23.5. The van der Waals surface area contributed by atoms with E-state index in [1.165, 1.54) is 173 Å². The van der Waals surface area contributed by atoms with Crippen LogP contribution in [0.5, 0.6) is 0 Å². The molecule has 302 valence electrons. The molecular weight excluding hydrogens is 613 g/mol. The van der Waals surface area contributed by atoms with Crippen molar-refractivity contribution in [3.8, 4) is 0 Å². The minimum absolute atomic E-state index is 0.517. The van der Waals surface area contributed by atoms with Gasteiger partial charge >= 0.3 is 0 Å². The van der Waals surface area contributed by atoms with Crippen molar-refractivity contribution in [2.75, 3.05) is 0 Å². The molecule has 0 aromatic rings. The summed E-state index contributed by atoms with van der Waals surface area (Å²) in [7, 11) is 0. The highest BCUT2D eigenvalue weighted by atomic mass is 14.5. The third-order valence-corrected chi connectivity index (χ3v) is 19.1. The maximum absolute atomic E-state index is 2.55. The van der Waals surface area contributed by atoms with Gasteiger partial charge in [-0.15, -0.1) is 0 Å². The average Bonchev–Trinajstić information content (AvgIpc) is 3.64. The topological polar surface area (TPSA) is 0 Å². The molecule has 51 heavy (non-hydrogen) atoms. The molecule has 0 aromatic carbocycles. The van der Waals surface area contributed by atoms with Crippen molar-refractivity contribution in [2.24, 2.45) is 55.2 Å². The van der Waals surface area contributed by atoms with Gasteiger partial charge in [0.05, 0.1) is 0 Å². The first kappa shape index (κ1) is 45.4. The van der Waals surface area contributed by atoms with Crippen molar-refractivity contribution in [2.45, 2.75) is 270 Å². The van der Waals surface area contributed by atoms with Crippen molar-refractivity contribution >= 4 is 0 Å². The molecule has 0 nitrogen and oxygen atoms in total. The molecule has 2 atom stereocenters. The van der Waals surface area contributed by atoms with Crippen LogP contribution in [0.4, 0.5) is 0 Å². The summed E-state index contributed by atoms with van der Waals surface area (Å²) in [4.78, 5) is 0. The summed E-state index contributed by atoms with van der Waals surface area (Å²) >= 11 is 0. The second kappa shape index (κ2) is 18.3. The Morgan fingerprint density at radius 3 is 0.725 bits per heavy atom. The van der Waals surface area contributed by atoms with E-state index in [4.69, 9.17) is 0 Å². The molecule has 0 N–H and O–H groups in total. The maximum atomic E-state index is 2.55. The molecule has 0 radical (unpaired) electrons. The minimum atomic E-state index is 0.517. The van der Waals surface area contributed by atoms with Gasteiger partial charge in [0.2, 0.25) is 0 Å². The molecule has 2 unspecified atom stereocenters. The first-order valence-electron chi connectivity index (χ1n) is 23.5. The average molecular weight is 711 g/mol. The highest BCUT2D eigenvalue weighted by molar-refractivity contribution is 4.99. The van der Waals surface area contributed by atoms with E-state index in [1.54, 1.807) is 0 Å². The van der Waals surface area contributed by atoms with Gasteiger partial charge in [-0.3, -0.25) is 0 Å². The molecule has 7 aliphatic rings. The molecule has 0 aliphatic heterocycles. The lowest BCUT2D eigenvalue weighted by Gasteiger charge is -2.53. The Labute approximate surface area is 324 Å². The number of hydrogen-bond acceptors (Lipinski definition) is 0. The smallest absolute Gasteiger partial charge is 0.0272 e. The Hall–Kier alpha value is 0. The Morgan fingerprint density at radius 2 is 0.549 bits per heavy atom. The number of rotatable bonds is 0. The van der Waals surface area contributed by atoms with E-state index in [0.29, 0.717) is 43.3 Å². The van der Waals surface area contributed by atoms with Crippen LogP contribution in [0.15, 0.2) is 0 Å². The second-order valence-corrected chi connectivity index (χ2v) is 24.0. The van der Waals surface area contributed by atoms with Gasteiger partial charge in [-0.25, -0.2) is 0 Å². The largest absolute Gasteiger partial charge is 0.0620 e. The lowest BCUT2D eigenvalue weighted by molar-refractivity contribution is -0.0261. The molecule has 0 bridgehead atoms. The van der Waals surface area contributed by atoms with Crippen LogP contribution in [-0.2, 0) is 0 Å². The van der Waals surface area contributed by atoms with Gasteiger partial charge < -0.3 is 0 Å². The van der Waals surface area contributed by atoms with Crippen LogP contribution < -0.4 is 0 Å². The van der Waals surface area contributed by atoms with Crippen molar-refractivity contribution in [1.29, 1.82) is 0 Å². The van der Waals surface area contributed by atoms with Crippen LogP contribution >= 0.6 is 0 Å². The molecule has 0 heteroatoms. The summed E-state index contributed by atoms with van der Waals surface area (Å²) in [6.45, 7) is 34.1.